The SMILES string of the molecule is CN(CCO)C(=O)C1CCN(c2cc(F)ccc2C2CCN(C(=O)C3CCN(C4CCOCC4)C3)CC2)CC1. The summed E-state index contributed by atoms with van der Waals surface area (Å²) >= 11 is 0. The third kappa shape index (κ3) is 6.57. The summed E-state index contributed by atoms with van der Waals surface area (Å²) in [6.07, 6.45) is 6.32. The second-order valence-corrected chi connectivity index (χ2v) is 11.9. The highest BCUT2D eigenvalue weighted by Crippen LogP contribution is 2.38. The predicted octanol–water partition coefficient (Wildman–Crippen LogP) is 2.70. The lowest BCUT2D eigenvalue weighted by molar-refractivity contribution is -0.136. The lowest BCUT2D eigenvalue weighted by atomic mass is 9.86. The van der Waals surface area contributed by atoms with Gasteiger partial charge in [-0.1, -0.05) is 6.07 Å². The first-order valence-corrected chi connectivity index (χ1v) is 15.0. The van der Waals surface area contributed by atoms with Crippen molar-refractivity contribution in [1.82, 2.24) is 14.7 Å². The molecule has 39 heavy (non-hydrogen) atoms. The van der Waals surface area contributed by atoms with E-state index in [1.54, 1.807) is 24.1 Å². The van der Waals surface area contributed by atoms with E-state index in [1.807, 2.05) is 6.07 Å². The molecule has 0 aromatic heterocycles. The van der Waals surface area contributed by atoms with E-state index >= 15 is 0 Å². The van der Waals surface area contributed by atoms with Gasteiger partial charge in [0.25, 0.3) is 0 Å². The van der Waals surface area contributed by atoms with Gasteiger partial charge in [-0.25, -0.2) is 4.39 Å². The van der Waals surface area contributed by atoms with Gasteiger partial charge in [-0.2, -0.15) is 0 Å². The van der Waals surface area contributed by atoms with E-state index in [9.17, 15) is 14.0 Å². The maximum atomic E-state index is 14.4. The number of carbonyl (C=O) groups is 2. The summed E-state index contributed by atoms with van der Waals surface area (Å²) in [7, 11) is 1.74. The van der Waals surface area contributed by atoms with Crippen LogP contribution in [0.2, 0.25) is 0 Å². The molecule has 1 aromatic rings. The molecule has 216 valence electrons. The van der Waals surface area contributed by atoms with Crippen molar-refractivity contribution in [2.24, 2.45) is 11.8 Å². The number of likely N-dealkylation sites (N-methyl/N-ethyl adjacent to an activating group) is 1. The zero-order valence-electron chi connectivity index (χ0n) is 23.4. The molecule has 4 aliphatic heterocycles. The van der Waals surface area contributed by atoms with Crippen molar-refractivity contribution >= 4 is 17.5 Å². The van der Waals surface area contributed by atoms with Gasteiger partial charge in [-0.3, -0.25) is 14.5 Å². The molecular weight excluding hydrogens is 499 g/mol. The molecule has 0 bridgehead atoms. The number of halogens is 1. The van der Waals surface area contributed by atoms with Crippen LogP contribution in [0.5, 0.6) is 0 Å². The number of hydrogen-bond acceptors (Lipinski definition) is 6. The summed E-state index contributed by atoms with van der Waals surface area (Å²) < 4.78 is 19.9. The van der Waals surface area contributed by atoms with Gasteiger partial charge < -0.3 is 24.5 Å². The molecule has 2 amide bonds. The van der Waals surface area contributed by atoms with Crippen molar-refractivity contribution in [3.8, 4) is 0 Å². The number of nitrogens with zero attached hydrogens (tertiary/aromatic N) is 4. The minimum Gasteiger partial charge on any atom is -0.395 e. The molecular formula is C30H45FN4O4. The Bertz CT molecular complexity index is 987. The molecule has 0 saturated carbocycles. The average molecular weight is 545 g/mol. The van der Waals surface area contributed by atoms with Gasteiger partial charge in [0, 0.05) is 77.2 Å². The van der Waals surface area contributed by atoms with E-state index in [0.717, 1.165) is 95.6 Å². The van der Waals surface area contributed by atoms with Gasteiger partial charge in [0.15, 0.2) is 0 Å². The smallest absolute Gasteiger partial charge is 0.227 e. The highest BCUT2D eigenvalue weighted by Gasteiger charge is 2.37. The number of anilines is 1. The van der Waals surface area contributed by atoms with E-state index in [-0.39, 0.29) is 30.2 Å². The maximum Gasteiger partial charge on any atom is 0.227 e. The molecule has 4 fully saturated rings. The molecule has 1 aromatic carbocycles. The number of ether oxygens (including phenoxy) is 1. The van der Waals surface area contributed by atoms with Crippen LogP contribution in [0.15, 0.2) is 18.2 Å². The lowest BCUT2D eigenvalue weighted by Crippen LogP contribution is -2.44. The Morgan fingerprint density at radius 3 is 2.36 bits per heavy atom. The molecule has 5 rings (SSSR count). The van der Waals surface area contributed by atoms with Gasteiger partial charge in [-0.05, 0) is 75.1 Å². The van der Waals surface area contributed by atoms with Gasteiger partial charge >= 0.3 is 0 Å². The summed E-state index contributed by atoms with van der Waals surface area (Å²) in [6, 6.07) is 5.70. The molecule has 9 heteroatoms. The predicted molar refractivity (Wildman–Crippen MR) is 148 cm³/mol. The first kappa shape index (κ1) is 28.3. The lowest BCUT2D eigenvalue weighted by Gasteiger charge is -2.38. The Kier molecular flexibility index (Phi) is 9.40. The molecule has 0 spiro atoms. The maximum absolute atomic E-state index is 14.4. The number of rotatable bonds is 7. The van der Waals surface area contributed by atoms with E-state index in [0.29, 0.717) is 37.5 Å². The number of likely N-dealkylation sites (tertiary alicyclic amines) is 2. The third-order valence-electron chi connectivity index (χ3n) is 9.51. The van der Waals surface area contributed by atoms with Crippen LogP contribution in [0, 0.1) is 17.7 Å². The second kappa shape index (κ2) is 13.0. The van der Waals surface area contributed by atoms with Crippen molar-refractivity contribution in [1.29, 1.82) is 0 Å². The molecule has 4 aliphatic rings. The van der Waals surface area contributed by atoms with Crippen LogP contribution in [0.1, 0.15) is 56.4 Å². The fourth-order valence-electron chi connectivity index (χ4n) is 7.12. The van der Waals surface area contributed by atoms with Crippen LogP contribution < -0.4 is 4.90 Å². The topological polar surface area (TPSA) is 76.6 Å². The van der Waals surface area contributed by atoms with Gasteiger partial charge in [0.1, 0.15) is 5.82 Å². The van der Waals surface area contributed by atoms with Crippen molar-refractivity contribution in [2.75, 3.05) is 77.6 Å². The Labute approximate surface area is 232 Å². The quantitative estimate of drug-likeness (QED) is 0.569. The Hall–Kier alpha value is -2.23. The van der Waals surface area contributed by atoms with Crippen LogP contribution in [0.4, 0.5) is 10.1 Å². The summed E-state index contributed by atoms with van der Waals surface area (Å²) in [5, 5.41) is 9.15. The van der Waals surface area contributed by atoms with Crippen LogP contribution >= 0.6 is 0 Å². The summed E-state index contributed by atoms with van der Waals surface area (Å²) in [5.41, 5.74) is 2.11. The molecule has 8 nitrogen and oxygen atoms in total. The Morgan fingerprint density at radius 2 is 1.67 bits per heavy atom. The minimum absolute atomic E-state index is 0.0342. The van der Waals surface area contributed by atoms with Gasteiger partial charge in [0.05, 0.1) is 12.5 Å². The van der Waals surface area contributed by atoms with Crippen LogP contribution in [0.3, 0.4) is 0 Å². The Morgan fingerprint density at radius 1 is 0.974 bits per heavy atom. The zero-order valence-corrected chi connectivity index (χ0v) is 23.4. The fraction of sp³-hybridized carbons (Fsp3) is 0.733. The van der Waals surface area contributed by atoms with Crippen molar-refractivity contribution < 1.29 is 23.8 Å². The van der Waals surface area contributed by atoms with E-state index < -0.39 is 0 Å². The Balaban J connectivity index is 1.16. The number of hydrogen-bond donors (Lipinski definition) is 1. The number of aliphatic hydroxyl groups is 1. The van der Waals surface area contributed by atoms with Gasteiger partial charge in [0.2, 0.25) is 11.8 Å². The molecule has 4 saturated heterocycles. The van der Waals surface area contributed by atoms with E-state index in [4.69, 9.17) is 9.84 Å². The number of carbonyl (C=O) groups excluding carboxylic acids is 2. The molecule has 0 radical (unpaired) electrons. The van der Waals surface area contributed by atoms with Crippen molar-refractivity contribution in [2.45, 2.75) is 56.9 Å². The standard InChI is InChI=1S/C30H45FN4O4/c1-32(16-17-36)29(37)23-6-11-33(12-7-23)28-20-25(31)2-3-27(28)22-4-13-34(14-5-22)30(38)24-8-15-35(21-24)26-9-18-39-19-10-26/h2-3,20,22-24,26,36H,4-19,21H2,1H3. The molecule has 0 aliphatic carbocycles. The number of amides is 2. The first-order chi connectivity index (χ1) is 18.9. The molecule has 1 atom stereocenters. The third-order valence-corrected chi connectivity index (χ3v) is 9.51. The van der Waals surface area contributed by atoms with Crippen molar-refractivity contribution in [3.05, 3.63) is 29.6 Å². The van der Waals surface area contributed by atoms with Crippen LogP contribution in [-0.2, 0) is 14.3 Å². The van der Waals surface area contributed by atoms with Crippen molar-refractivity contribution in [3.63, 3.8) is 0 Å². The molecule has 4 heterocycles. The van der Waals surface area contributed by atoms with Crippen LogP contribution in [-0.4, -0.2) is 110 Å². The number of aliphatic hydroxyl groups excluding tert-OH is 1. The minimum atomic E-state index is -0.238. The zero-order chi connectivity index (χ0) is 27.4. The highest BCUT2D eigenvalue weighted by atomic mass is 19.1. The molecule has 1 N–H and O–H groups in total. The van der Waals surface area contributed by atoms with E-state index in [1.165, 1.54) is 0 Å². The second-order valence-electron chi connectivity index (χ2n) is 11.9. The summed E-state index contributed by atoms with van der Waals surface area (Å²) in [4.78, 5) is 34.5. The fourth-order valence-corrected chi connectivity index (χ4v) is 7.12. The highest BCUT2D eigenvalue weighted by molar-refractivity contribution is 5.80. The normalized spacial score (nSPS) is 24.3. The molecule has 1 unspecified atom stereocenters. The number of benzene rings is 1. The van der Waals surface area contributed by atoms with Gasteiger partial charge in [-0.15, -0.1) is 0 Å². The monoisotopic (exact) mass is 544 g/mol. The van der Waals surface area contributed by atoms with Crippen LogP contribution in [0.25, 0.3) is 0 Å². The number of piperidine rings is 2. The first-order valence-electron chi connectivity index (χ1n) is 15.0. The largest absolute Gasteiger partial charge is 0.395 e. The average Bonchev–Trinajstić information content (AvgIpc) is 3.48. The summed E-state index contributed by atoms with van der Waals surface area (Å²) in [5.74, 6) is 0.492. The summed E-state index contributed by atoms with van der Waals surface area (Å²) in [6.45, 7) is 6.79. The van der Waals surface area contributed by atoms with E-state index in [2.05, 4.69) is 14.7 Å².